The van der Waals surface area contributed by atoms with Crippen molar-refractivity contribution in [2.24, 2.45) is 15.7 Å². The minimum absolute atomic E-state index is 0.119. The van der Waals surface area contributed by atoms with Crippen molar-refractivity contribution in [3.8, 4) is 0 Å². The van der Waals surface area contributed by atoms with Crippen molar-refractivity contribution in [2.45, 2.75) is 36.7 Å². The van der Waals surface area contributed by atoms with E-state index in [1.54, 1.807) is 0 Å². The van der Waals surface area contributed by atoms with Gasteiger partial charge in [-0.25, -0.2) is 9.56 Å². The third-order valence-electron chi connectivity index (χ3n) is 3.78. The number of phosphoric acid groups is 1. The average molecular weight is 365 g/mol. The number of rotatable bonds is 4. The van der Waals surface area contributed by atoms with Gasteiger partial charge in [0.1, 0.15) is 18.3 Å². The highest BCUT2D eigenvalue weighted by Crippen LogP contribution is 2.37. The van der Waals surface area contributed by atoms with Gasteiger partial charge in [0, 0.05) is 0 Å². The van der Waals surface area contributed by atoms with Crippen LogP contribution in [0.2, 0.25) is 0 Å². The lowest BCUT2D eigenvalue weighted by Gasteiger charge is -2.32. The summed E-state index contributed by atoms with van der Waals surface area (Å²) in [6.07, 6.45) is -4.86. The maximum Gasteiger partial charge on any atom is 0.469 e. The fourth-order valence-electron chi connectivity index (χ4n) is 2.67. The second-order valence-corrected chi connectivity index (χ2v) is 6.65. The first-order chi connectivity index (χ1) is 11.2. The Morgan fingerprint density at radius 2 is 2.12 bits per heavy atom. The molecule has 3 heterocycles. The summed E-state index contributed by atoms with van der Waals surface area (Å²) in [5.41, 5.74) is 5.50. The van der Waals surface area contributed by atoms with E-state index in [1.807, 2.05) is 0 Å². The summed E-state index contributed by atoms with van der Waals surface area (Å²) in [6, 6.07) is -0.879. The number of carbonyl (C=O) groups is 1. The maximum absolute atomic E-state index is 11.8. The van der Waals surface area contributed by atoms with E-state index in [9.17, 15) is 19.6 Å². The first-order valence-electron chi connectivity index (χ1n) is 6.84. The number of guanidine groups is 1. The molecule has 24 heavy (non-hydrogen) atoms. The van der Waals surface area contributed by atoms with Gasteiger partial charge in [0.2, 0.25) is 0 Å². The number of nitrogens with zero attached hydrogens (tertiary/aromatic N) is 3. The lowest BCUT2D eigenvalue weighted by molar-refractivity contribution is -0.124. The minimum atomic E-state index is -4.75. The van der Waals surface area contributed by atoms with E-state index < -0.39 is 57.1 Å². The molecule has 0 aromatic heterocycles. The Morgan fingerprint density at radius 3 is 2.79 bits per heavy atom. The number of aliphatic hydroxyl groups excluding tert-OH is 2. The van der Waals surface area contributed by atoms with Crippen LogP contribution < -0.4 is 11.1 Å². The van der Waals surface area contributed by atoms with Crippen molar-refractivity contribution in [3.05, 3.63) is 0 Å². The van der Waals surface area contributed by atoms with Crippen molar-refractivity contribution in [2.75, 3.05) is 6.61 Å². The molecule has 3 aliphatic heterocycles. The van der Waals surface area contributed by atoms with Gasteiger partial charge in [0.05, 0.1) is 12.9 Å². The number of aliphatic imine (C=N–C) groups is 2. The number of phosphoric ester groups is 1. The molecule has 1 amide bonds. The Balaban J connectivity index is 1.73. The van der Waals surface area contributed by atoms with Gasteiger partial charge in [0.15, 0.2) is 24.4 Å². The largest absolute Gasteiger partial charge is 0.469 e. The molecule has 0 bridgehead atoms. The molecule has 0 aliphatic carbocycles. The van der Waals surface area contributed by atoms with E-state index in [0.717, 1.165) is 0 Å². The van der Waals surface area contributed by atoms with Crippen molar-refractivity contribution < 1.29 is 38.6 Å². The van der Waals surface area contributed by atoms with E-state index >= 15 is 0 Å². The average Bonchev–Trinajstić information content (AvgIpc) is 3.00. The molecule has 134 valence electrons. The molecule has 3 rings (SSSR count). The van der Waals surface area contributed by atoms with Crippen LogP contribution in [0, 0.1) is 0 Å². The molecule has 3 aliphatic rings. The molecule has 0 radical (unpaired) electrons. The van der Waals surface area contributed by atoms with Crippen molar-refractivity contribution in [1.29, 1.82) is 0 Å². The zero-order chi connectivity index (χ0) is 17.6. The summed E-state index contributed by atoms with van der Waals surface area (Å²) < 4.78 is 20.4. The summed E-state index contributed by atoms with van der Waals surface area (Å²) in [5.74, 6) is -0.591. The zero-order valence-electron chi connectivity index (χ0n) is 12.0. The summed E-state index contributed by atoms with van der Waals surface area (Å²) in [4.78, 5) is 38.5. The smallest absolute Gasteiger partial charge is 0.387 e. The third kappa shape index (κ3) is 3.15. The first kappa shape index (κ1) is 17.2. The maximum atomic E-state index is 11.8. The van der Waals surface area contributed by atoms with E-state index in [1.165, 1.54) is 11.2 Å². The SMILES string of the molecule is NC1=N[C@H]2[C@H](N=CN2[C@@H]2O[C@H](COP(=O)(O)O)[C@@H](O)[C@H]2O)C(=O)N1. The fourth-order valence-corrected chi connectivity index (χ4v) is 3.01. The van der Waals surface area contributed by atoms with Gasteiger partial charge in [0.25, 0.3) is 5.91 Å². The topological polar surface area (TPSA) is 200 Å². The normalized spacial score (nSPS) is 38.9. The Hall–Kier alpha value is -1.60. The lowest BCUT2D eigenvalue weighted by Crippen LogP contribution is -2.56. The van der Waals surface area contributed by atoms with Gasteiger partial charge in [-0.2, -0.15) is 0 Å². The summed E-state index contributed by atoms with van der Waals surface area (Å²) in [5, 5.41) is 22.4. The van der Waals surface area contributed by atoms with Gasteiger partial charge >= 0.3 is 7.82 Å². The van der Waals surface area contributed by atoms with Gasteiger partial charge in [-0.1, -0.05) is 0 Å². The first-order valence-corrected chi connectivity index (χ1v) is 8.37. The second kappa shape index (κ2) is 6.04. The number of hydrogen-bond acceptors (Lipinski definition) is 10. The van der Waals surface area contributed by atoms with Crippen LogP contribution >= 0.6 is 7.82 Å². The molecular weight excluding hydrogens is 349 g/mol. The molecule has 0 saturated carbocycles. The molecule has 14 heteroatoms. The van der Waals surface area contributed by atoms with Crippen LogP contribution in [0.5, 0.6) is 0 Å². The van der Waals surface area contributed by atoms with E-state index in [4.69, 9.17) is 20.3 Å². The van der Waals surface area contributed by atoms with Crippen molar-refractivity contribution >= 4 is 26.0 Å². The molecule has 0 aromatic rings. The molecule has 0 aromatic carbocycles. The standard InChI is InChI=1S/C10H16N5O8P/c11-10-13-7-4(8(18)14-10)12-2-15(7)9-6(17)5(16)3(23-9)1-22-24(19,20)21/h2-7,9,16-17H,1H2,(H2,19,20,21)(H3,11,13,14,18)/t3-,4+,5-,6-,7-,9-/m1/s1. The highest BCUT2D eigenvalue weighted by atomic mass is 31.2. The van der Waals surface area contributed by atoms with Gasteiger partial charge in [-0.3, -0.25) is 19.6 Å². The zero-order valence-corrected chi connectivity index (χ0v) is 12.9. The van der Waals surface area contributed by atoms with E-state index in [2.05, 4.69) is 19.8 Å². The number of aliphatic hydroxyl groups is 2. The number of ether oxygens (including phenoxy) is 1. The Labute approximate surface area is 135 Å². The number of fused-ring (bicyclic) bond motifs is 1. The molecular formula is C10H16N5O8P. The number of amides is 1. The molecule has 7 N–H and O–H groups in total. The predicted octanol–water partition coefficient (Wildman–Crippen LogP) is -3.97. The number of nitrogens with two attached hydrogens (primary N) is 1. The number of nitrogens with one attached hydrogen (secondary N) is 1. The van der Waals surface area contributed by atoms with Crippen molar-refractivity contribution in [3.63, 3.8) is 0 Å². The Kier molecular flexibility index (Phi) is 4.34. The Bertz CT molecular complexity index is 637. The molecule has 13 nitrogen and oxygen atoms in total. The fraction of sp³-hybridized carbons (Fsp3) is 0.700. The number of carbonyl (C=O) groups excluding carboxylic acids is 1. The molecule has 1 fully saturated rings. The van der Waals surface area contributed by atoms with Crippen LogP contribution in [0.4, 0.5) is 0 Å². The highest BCUT2D eigenvalue weighted by molar-refractivity contribution is 7.46. The quantitative estimate of drug-likeness (QED) is 0.267. The van der Waals surface area contributed by atoms with E-state index in [-0.39, 0.29) is 5.96 Å². The van der Waals surface area contributed by atoms with Crippen LogP contribution in [0.15, 0.2) is 9.98 Å². The molecule has 0 unspecified atom stereocenters. The number of hydrogen-bond donors (Lipinski definition) is 6. The third-order valence-corrected chi connectivity index (χ3v) is 4.26. The summed E-state index contributed by atoms with van der Waals surface area (Å²) in [7, 11) is -4.75. The van der Waals surface area contributed by atoms with Crippen LogP contribution in [-0.4, -0.2) is 86.5 Å². The van der Waals surface area contributed by atoms with Gasteiger partial charge in [-0.15, -0.1) is 0 Å². The van der Waals surface area contributed by atoms with Gasteiger partial charge in [-0.05, 0) is 0 Å². The van der Waals surface area contributed by atoms with Crippen LogP contribution in [0.3, 0.4) is 0 Å². The highest BCUT2D eigenvalue weighted by Gasteiger charge is 2.51. The molecule has 1 saturated heterocycles. The Morgan fingerprint density at radius 1 is 1.42 bits per heavy atom. The van der Waals surface area contributed by atoms with Gasteiger partial charge < -0.3 is 35.4 Å². The van der Waals surface area contributed by atoms with Crippen LogP contribution in [0.25, 0.3) is 0 Å². The minimum Gasteiger partial charge on any atom is -0.387 e. The molecule has 6 atom stereocenters. The second-order valence-electron chi connectivity index (χ2n) is 5.41. The monoisotopic (exact) mass is 365 g/mol. The van der Waals surface area contributed by atoms with Crippen LogP contribution in [0.1, 0.15) is 0 Å². The lowest BCUT2D eigenvalue weighted by atomic mass is 10.1. The van der Waals surface area contributed by atoms with Crippen molar-refractivity contribution in [1.82, 2.24) is 10.2 Å². The molecule has 0 spiro atoms. The summed E-state index contributed by atoms with van der Waals surface area (Å²) in [6.45, 7) is -0.635. The van der Waals surface area contributed by atoms with E-state index in [0.29, 0.717) is 0 Å². The van der Waals surface area contributed by atoms with Crippen LogP contribution in [-0.2, 0) is 18.6 Å². The predicted molar refractivity (Wildman–Crippen MR) is 76.3 cm³/mol. The summed E-state index contributed by atoms with van der Waals surface area (Å²) >= 11 is 0.